The fourth-order valence-electron chi connectivity index (χ4n) is 1.45. The minimum atomic E-state index is -0.132. The van der Waals surface area contributed by atoms with Gasteiger partial charge < -0.3 is 10.6 Å². The van der Waals surface area contributed by atoms with Crippen molar-refractivity contribution in [2.24, 2.45) is 0 Å². The molecule has 90 valence electrons. The molecule has 0 radical (unpaired) electrons. The average molecular weight is 240 g/mol. The number of amides is 1. The second-order valence-electron chi connectivity index (χ2n) is 4.14. The predicted octanol–water partition coefficient (Wildman–Crippen LogP) is 1.71. The van der Waals surface area contributed by atoms with Crippen molar-refractivity contribution in [3.05, 3.63) is 21.9 Å². The van der Waals surface area contributed by atoms with Crippen LogP contribution in [-0.2, 0) is 11.2 Å². The van der Waals surface area contributed by atoms with Crippen molar-refractivity contribution in [2.45, 2.75) is 39.3 Å². The first-order valence-electron chi connectivity index (χ1n) is 5.56. The van der Waals surface area contributed by atoms with Gasteiger partial charge in [0.2, 0.25) is 5.91 Å². The van der Waals surface area contributed by atoms with Gasteiger partial charge in [-0.1, -0.05) is 0 Å². The second-order valence-corrected chi connectivity index (χ2v) is 5.51. The highest BCUT2D eigenvalue weighted by atomic mass is 32.1. The van der Waals surface area contributed by atoms with Gasteiger partial charge >= 0.3 is 0 Å². The molecule has 2 atom stereocenters. The Morgan fingerprint density at radius 2 is 2.12 bits per heavy atom. The summed E-state index contributed by atoms with van der Waals surface area (Å²) in [6.07, 6.45) is 0.903. The summed E-state index contributed by atoms with van der Waals surface area (Å²) < 4.78 is 0. The van der Waals surface area contributed by atoms with E-state index in [-0.39, 0.29) is 18.0 Å². The van der Waals surface area contributed by atoms with E-state index in [1.54, 1.807) is 18.4 Å². The van der Waals surface area contributed by atoms with Gasteiger partial charge in [0.15, 0.2) is 0 Å². The highest BCUT2D eigenvalue weighted by molar-refractivity contribution is 7.11. The smallest absolute Gasteiger partial charge is 0.237 e. The van der Waals surface area contributed by atoms with E-state index in [4.69, 9.17) is 0 Å². The first kappa shape index (κ1) is 13.2. The molecule has 0 aliphatic rings. The Hall–Kier alpha value is -0.870. The highest BCUT2D eigenvalue weighted by Gasteiger charge is 2.13. The van der Waals surface area contributed by atoms with Crippen LogP contribution in [0.2, 0.25) is 0 Å². The fraction of sp³-hybridized carbons (Fsp3) is 0.583. The zero-order valence-electron chi connectivity index (χ0n) is 10.3. The summed E-state index contributed by atoms with van der Waals surface area (Å²) in [6, 6.07) is 4.29. The van der Waals surface area contributed by atoms with Gasteiger partial charge in [-0.2, -0.15) is 0 Å². The van der Waals surface area contributed by atoms with Crippen molar-refractivity contribution < 1.29 is 4.79 Å². The van der Waals surface area contributed by atoms with Crippen LogP contribution >= 0.6 is 11.3 Å². The van der Waals surface area contributed by atoms with Crippen molar-refractivity contribution in [3.63, 3.8) is 0 Å². The summed E-state index contributed by atoms with van der Waals surface area (Å²) in [5.74, 6) is 0.0586. The summed E-state index contributed by atoms with van der Waals surface area (Å²) in [5, 5.41) is 5.92. The molecule has 1 amide bonds. The molecule has 1 aromatic rings. The lowest BCUT2D eigenvalue weighted by atomic mass is 10.2. The van der Waals surface area contributed by atoms with E-state index in [0.717, 1.165) is 6.42 Å². The van der Waals surface area contributed by atoms with Gasteiger partial charge in [-0.25, -0.2) is 0 Å². The van der Waals surface area contributed by atoms with E-state index in [2.05, 4.69) is 29.7 Å². The van der Waals surface area contributed by atoms with Gasteiger partial charge in [-0.15, -0.1) is 11.3 Å². The van der Waals surface area contributed by atoms with Crippen LogP contribution in [-0.4, -0.2) is 25.0 Å². The molecule has 0 spiro atoms. The molecule has 2 unspecified atom stereocenters. The van der Waals surface area contributed by atoms with Crippen molar-refractivity contribution in [2.75, 3.05) is 7.05 Å². The van der Waals surface area contributed by atoms with Crippen LogP contribution < -0.4 is 10.6 Å². The van der Waals surface area contributed by atoms with E-state index >= 15 is 0 Å². The number of rotatable bonds is 5. The molecule has 3 nitrogen and oxygen atoms in total. The van der Waals surface area contributed by atoms with Crippen molar-refractivity contribution >= 4 is 17.2 Å². The Labute approximate surface area is 101 Å². The fourth-order valence-corrected chi connectivity index (χ4v) is 2.47. The molecule has 1 heterocycles. The number of carbonyl (C=O) groups is 1. The topological polar surface area (TPSA) is 41.1 Å². The first-order valence-corrected chi connectivity index (χ1v) is 6.37. The van der Waals surface area contributed by atoms with Gasteiger partial charge in [0.1, 0.15) is 0 Å². The van der Waals surface area contributed by atoms with E-state index in [9.17, 15) is 4.79 Å². The standard InChI is InChI=1S/C12H20N2OS/c1-8(14-12(15)10(3)13-4)7-11-6-5-9(2)16-11/h5-6,8,10,13H,7H2,1-4H3,(H,14,15). The lowest BCUT2D eigenvalue weighted by Gasteiger charge is -2.16. The first-order chi connectivity index (χ1) is 7.52. The van der Waals surface area contributed by atoms with Gasteiger partial charge in [0, 0.05) is 22.2 Å². The maximum Gasteiger partial charge on any atom is 0.237 e. The molecule has 0 aliphatic carbocycles. The van der Waals surface area contributed by atoms with E-state index in [0.29, 0.717) is 0 Å². The van der Waals surface area contributed by atoms with Gasteiger partial charge in [0.05, 0.1) is 6.04 Å². The maximum absolute atomic E-state index is 11.6. The van der Waals surface area contributed by atoms with Crippen LogP contribution in [0.15, 0.2) is 12.1 Å². The van der Waals surface area contributed by atoms with Crippen LogP contribution in [0.4, 0.5) is 0 Å². The van der Waals surface area contributed by atoms with Crippen molar-refractivity contribution in [3.8, 4) is 0 Å². The Balaban J connectivity index is 2.41. The normalized spacial score (nSPS) is 14.5. The molecule has 0 saturated heterocycles. The minimum Gasteiger partial charge on any atom is -0.352 e. The summed E-state index contributed by atoms with van der Waals surface area (Å²) in [4.78, 5) is 14.2. The summed E-state index contributed by atoms with van der Waals surface area (Å²) in [7, 11) is 1.79. The van der Waals surface area contributed by atoms with Crippen LogP contribution in [0.25, 0.3) is 0 Å². The van der Waals surface area contributed by atoms with Crippen molar-refractivity contribution in [1.82, 2.24) is 10.6 Å². The summed E-state index contributed by atoms with van der Waals surface area (Å²) in [6.45, 7) is 5.99. The quantitative estimate of drug-likeness (QED) is 0.822. The number of thiophene rings is 1. The Kier molecular flexibility index (Phi) is 4.96. The summed E-state index contributed by atoms with van der Waals surface area (Å²) in [5.41, 5.74) is 0. The molecule has 0 saturated carbocycles. The molecule has 0 bridgehead atoms. The van der Waals surface area contributed by atoms with E-state index in [1.165, 1.54) is 9.75 Å². The van der Waals surface area contributed by atoms with E-state index < -0.39 is 0 Å². The number of nitrogens with one attached hydrogen (secondary N) is 2. The molecule has 2 N–H and O–H groups in total. The maximum atomic E-state index is 11.6. The third kappa shape index (κ3) is 3.94. The average Bonchev–Trinajstić information content (AvgIpc) is 2.62. The molecule has 1 aromatic heterocycles. The number of likely N-dealkylation sites (N-methyl/N-ethyl adjacent to an activating group) is 1. The van der Waals surface area contributed by atoms with Crippen LogP contribution in [0, 0.1) is 6.92 Å². The molecule has 16 heavy (non-hydrogen) atoms. The lowest BCUT2D eigenvalue weighted by Crippen LogP contribution is -2.44. The Morgan fingerprint density at radius 3 is 2.62 bits per heavy atom. The molecular formula is C12H20N2OS. The molecule has 4 heteroatoms. The molecule has 0 aliphatic heterocycles. The lowest BCUT2D eigenvalue weighted by molar-refractivity contribution is -0.123. The van der Waals surface area contributed by atoms with Crippen molar-refractivity contribution in [1.29, 1.82) is 0 Å². The molecule has 0 fully saturated rings. The zero-order valence-corrected chi connectivity index (χ0v) is 11.1. The SMILES string of the molecule is CNC(C)C(=O)NC(C)Cc1ccc(C)s1. The highest BCUT2D eigenvalue weighted by Crippen LogP contribution is 2.16. The largest absolute Gasteiger partial charge is 0.352 e. The predicted molar refractivity (Wildman–Crippen MR) is 68.9 cm³/mol. The Bertz CT molecular complexity index is 349. The second kappa shape index (κ2) is 6.01. The zero-order chi connectivity index (χ0) is 12.1. The van der Waals surface area contributed by atoms with Crippen LogP contribution in [0.5, 0.6) is 0 Å². The Morgan fingerprint density at radius 1 is 1.44 bits per heavy atom. The third-order valence-electron chi connectivity index (χ3n) is 2.52. The number of hydrogen-bond donors (Lipinski definition) is 2. The molecule has 1 rings (SSSR count). The number of hydrogen-bond acceptors (Lipinski definition) is 3. The molecule has 0 aromatic carbocycles. The van der Waals surface area contributed by atoms with Crippen LogP contribution in [0.1, 0.15) is 23.6 Å². The van der Waals surface area contributed by atoms with Gasteiger partial charge in [-0.3, -0.25) is 4.79 Å². The molecular weight excluding hydrogens is 220 g/mol. The number of carbonyl (C=O) groups excluding carboxylic acids is 1. The third-order valence-corrected chi connectivity index (χ3v) is 3.54. The summed E-state index contributed by atoms with van der Waals surface area (Å²) >= 11 is 1.79. The number of aryl methyl sites for hydroxylation is 1. The van der Waals surface area contributed by atoms with E-state index in [1.807, 2.05) is 13.8 Å². The van der Waals surface area contributed by atoms with Gasteiger partial charge in [-0.05, 0) is 40.0 Å². The van der Waals surface area contributed by atoms with Gasteiger partial charge in [0.25, 0.3) is 0 Å². The monoisotopic (exact) mass is 240 g/mol. The van der Waals surface area contributed by atoms with Crippen LogP contribution in [0.3, 0.4) is 0 Å². The minimum absolute atomic E-state index is 0.0586.